The number of alkyl halides is 2. The molecule has 1 aliphatic rings. The number of ether oxygens (including phenoxy) is 3. The molecular formula is C11H10F2O4. The zero-order valence-electron chi connectivity index (χ0n) is 9.25. The fourth-order valence-electron chi connectivity index (χ4n) is 1.62. The number of methoxy groups -OCH3 is 1. The Morgan fingerprint density at radius 1 is 1.41 bits per heavy atom. The second-order valence-electron chi connectivity index (χ2n) is 3.48. The molecule has 0 saturated heterocycles. The van der Waals surface area contributed by atoms with Gasteiger partial charge in [0.1, 0.15) is 0 Å². The zero-order valence-corrected chi connectivity index (χ0v) is 9.25. The van der Waals surface area contributed by atoms with E-state index in [9.17, 15) is 13.6 Å². The lowest BCUT2D eigenvalue weighted by Gasteiger charge is -2.06. The van der Waals surface area contributed by atoms with E-state index >= 15 is 0 Å². The van der Waals surface area contributed by atoms with Gasteiger partial charge >= 0.3 is 12.3 Å². The molecular weight excluding hydrogens is 234 g/mol. The van der Waals surface area contributed by atoms with Crippen LogP contribution in [0.25, 0.3) is 0 Å². The fourth-order valence-corrected chi connectivity index (χ4v) is 1.62. The number of esters is 1. The van der Waals surface area contributed by atoms with Crippen LogP contribution in [0.3, 0.4) is 0 Å². The molecule has 1 heterocycles. The van der Waals surface area contributed by atoms with Gasteiger partial charge in [0.2, 0.25) is 0 Å². The molecule has 4 nitrogen and oxygen atoms in total. The second-order valence-corrected chi connectivity index (χ2v) is 3.48. The van der Waals surface area contributed by atoms with Crippen molar-refractivity contribution in [2.75, 3.05) is 7.11 Å². The molecule has 0 N–H and O–H groups in total. The van der Waals surface area contributed by atoms with Crippen LogP contribution < -0.4 is 9.47 Å². The summed E-state index contributed by atoms with van der Waals surface area (Å²) in [5.74, 6) is -0.777. The zero-order chi connectivity index (χ0) is 12.6. The maximum absolute atomic E-state index is 12.9. The quantitative estimate of drug-likeness (QED) is 0.749. The summed E-state index contributed by atoms with van der Waals surface area (Å²) < 4.78 is 39.0. The standard InChI is InChI=1S/C11H10F2O4/c1-3-6-4-7(10(14)15-2)5-8-9(6)17-11(12,13)16-8/h4-5H,3H2,1-2H3. The molecule has 1 aromatic rings. The van der Waals surface area contributed by atoms with Crippen LogP contribution in [0, 0.1) is 0 Å². The highest BCUT2D eigenvalue weighted by atomic mass is 19.3. The Balaban J connectivity index is 2.49. The lowest BCUT2D eigenvalue weighted by atomic mass is 10.1. The van der Waals surface area contributed by atoms with Gasteiger partial charge in [0, 0.05) is 0 Å². The van der Waals surface area contributed by atoms with E-state index in [1.807, 2.05) is 0 Å². The summed E-state index contributed by atoms with van der Waals surface area (Å²) in [6, 6.07) is 2.64. The van der Waals surface area contributed by atoms with Gasteiger partial charge in [-0.3, -0.25) is 0 Å². The maximum Gasteiger partial charge on any atom is 0.586 e. The summed E-state index contributed by atoms with van der Waals surface area (Å²) in [6.45, 7) is 1.76. The smallest absolute Gasteiger partial charge is 0.465 e. The number of fused-ring (bicyclic) bond motifs is 1. The first-order chi connectivity index (χ1) is 7.96. The molecule has 0 amide bonds. The van der Waals surface area contributed by atoms with Crippen LogP contribution in [0.2, 0.25) is 0 Å². The van der Waals surface area contributed by atoms with Crippen molar-refractivity contribution < 1.29 is 27.8 Å². The number of benzene rings is 1. The Hall–Kier alpha value is -1.85. The van der Waals surface area contributed by atoms with E-state index in [4.69, 9.17) is 0 Å². The first kappa shape index (κ1) is 11.6. The van der Waals surface area contributed by atoms with Gasteiger partial charge in [-0.05, 0) is 24.1 Å². The average molecular weight is 244 g/mol. The Bertz CT molecular complexity index is 471. The van der Waals surface area contributed by atoms with Gasteiger partial charge in [0.25, 0.3) is 0 Å². The normalized spacial score (nSPS) is 15.8. The molecule has 1 aromatic carbocycles. The Morgan fingerprint density at radius 2 is 2.12 bits per heavy atom. The van der Waals surface area contributed by atoms with Crippen LogP contribution >= 0.6 is 0 Å². The fraction of sp³-hybridized carbons (Fsp3) is 0.364. The van der Waals surface area contributed by atoms with Crippen molar-refractivity contribution in [1.29, 1.82) is 0 Å². The Kier molecular flexibility index (Phi) is 2.65. The largest absolute Gasteiger partial charge is 0.586 e. The molecule has 17 heavy (non-hydrogen) atoms. The molecule has 6 heteroatoms. The van der Waals surface area contributed by atoms with Gasteiger partial charge in [-0.25, -0.2) is 4.79 Å². The van der Waals surface area contributed by atoms with Crippen molar-refractivity contribution in [3.05, 3.63) is 23.3 Å². The first-order valence-electron chi connectivity index (χ1n) is 4.98. The Labute approximate surface area is 96.1 Å². The molecule has 0 atom stereocenters. The molecule has 0 fully saturated rings. The summed E-state index contributed by atoms with van der Waals surface area (Å²) in [7, 11) is 1.22. The number of carbonyl (C=O) groups excluding carboxylic acids is 1. The first-order valence-corrected chi connectivity index (χ1v) is 4.98. The van der Waals surface area contributed by atoms with E-state index in [1.54, 1.807) is 6.92 Å². The molecule has 0 aromatic heterocycles. The number of halogens is 2. The highest BCUT2D eigenvalue weighted by Gasteiger charge is 2.44. The van der Waals surface area contributed by atoms with Crippen LogP contribution in [0.1, 0.15) is 22.8 Å². The van der Waals surface area contributed by atoms with Gasteiger partial charge in [0.15, 0.2) is 11.5 Å². The monoisotopic (exact) mass is 244 g/mol. The topological polar surface area (TPSA) is 44.8 Å². The highest BCUT2D eigenvalue weighted by molar-refractivity contribution is 5.90. The predicted octanol–water partition coefficient (Wildman–Crippen LogP) is 2.36. The molecule has 2 rings (SSSR count). The van der Waals surface area contributed by atoms with E-state index in [-0.39, 0.29) is 17.1 Å². The minimum Gasteiger partial charge on any atom is -0.465 e. The van der Waals surface area contributed by atoms with Crippen molar-refractivity contribution in [2.45, 2.75) is 19.6 Å². The maximum atomic E-state index is 12.9. The van der Waals surface area contributed by atoms with Crippen molar-refractivity contribution in [3.8, 4) is 11.5 Å². The van der Waals surface area contributed by atoms with Gasteiger partial charge < -0.3 is 14.2 Å². The van der Waals surface area contributed by atoms with Crippen LogP contribution in [0.15, 0.2) is 12.1 Å². The van der Waals surface area contributed by atoms with Crippen LogP contribution in [0.5, 0.6) is 11.5 Å². The summed E-state index contributed by atoms with van der Waals surface area (Å²) in [6.07, 6.45) is -3.24. The predicted molar refractivity (Wildman–Crippen MR) is 53.4 cm³/mol. The second kappa shape index (κ2) is 3.87. The summed E-state index contributed by atoms with van der Waals surface area (Å²) >= 11 is 0. The summed E-state index contributed by atoms with van der Waals surface area (Å²) in [5, 5.41) is 0. The number of rotatable bonds is 2. The van der Waals surface area contributed by atoms with E-state index in [1.165, 1.54) is 19.2 Å². The van der Waals surface area contributed by atoms with E-state index in [0.29, 0.717) is 12.0 Å². The molecule has 0 unspecified atom stereocenters. The SMILES string of the molecule is CCc1cc(C(=O)OC)cc2c1OC(F)(F)O2. The molecule has 1 aliphatic heterocycles. The van der Waals surface area contributed by atoms with E-state index < -0.39 is 12.3 Å². The van der Waals surface area contributed by atoms with Gasteiger partial charge in [-0.15, -0.1) is 8.78 Å². The number of carbonyl (C=O) groups is 1. The molecule has 0 spiro atoms. The van der Waals surface area contributed by atoms with Crippen molar-refractivity contribution in [1.82, 2.24) is 0 Å². The third-order valence-corrected chi connectivity index (χ3v) is 2.38. The third kappa shape index (κ3) is 2.02. The Morgan fingerprint density at radius 3 is 2.71 bits per heavy atom. The highest BCUT2D eigenvalue weighted by Crippen LogP contribution is 2.44. The lowest BCUT2D eigenvalue weighted by Crippen LogP contribution is -2.26. The van der Waals surface area contributed by atoms with Crippen molar-refractivity contribution >= 4 is 5.97 Å². The molecule has 0 bridgehead atoms. The van der Waals surface area contributed by atoms with Crippen LogP contribution in [0.4, 0.5) is 8.78 Å². The minimum atomic E-state index is -3.68. The minimum absolute atomic E-state index is 0.0230. The molecule has 0 aliphatic carbocycles. The number of hydrogen-bond acceptors (Lipinski definition) is 4. The van der Waals surface area contributed by atoms with E-state index in [0.717, 1.165) is 0 Å². The van der Waals surface area contributed by atoms with Crippen LogP contribution in [-0.2, 0) is 11.2 Å². The lowest BCUT2D eigenvalue weighted by molar-refractivity contribution is -0.286. The molecule has 92 valence electrons. The van der Waals surface area contributed by atoms with E-state index in [2.05, 4.69) is 14.2 Å². The number of aryl methyl sites for hydroxylation is 1. The number of hydrogen-bond donors (Lipinski definition) is 0. The van der Waals surface area contributed by atoms with Crippen LogP contribution in [-0.4, -0.2) is 19.4 Å². The summed E-state index contributed by atoms with van der Waals surface area (Å²) in [4.78, 5) is 11.3. The molecule has 0 saturated carbocycles. The van der Waals surface area contributed by atoms with Gasteiger partial charge in [-0.1, -0.05) is 6.92 Å². The third-order valence-electron chi connectivity index (χ3n) is 2.38. The van der Waals surface area contributed by atoms with Gasteiger partial charge in [-0.2, -0.15) is 0 Å². The van der Waals surface area contributed by atoms with Gasteiger partial charge in [0.05, 0.1) is 12.7 Å². The summed E-state index contributed by atoms with van der Waals surface area (Å²) in [5.41, 5.74) is 0.629. The molecule has 0 radical (unpaired) electrons. The van der Waals surface area contributed by atoms with Crippen molar-refractivity contribution in [3.63, 3.8) is 0 Å². The average Bonchev–Trinajstić information content (AvgIpc) is 2.60. The van der Waals surface area contributed by atoms with Crippen molar-refractivity contribution in [2.24, 2.45) is 0 Å².